The molecule has 0 N–H and O–H groups in total. The van der Waals surface area contributed by atoms with E-state index < -0.39 is 20.8 Å². The second-order valence-corrected chi connectivity index (χ2v) is 6.29. The first-order valence-electron chi connectivity index (χ1n) is 3.93. The van der Waals surface area contributed by atoms with Crippen LogP contribution in [0.3, 0.4) is 0 Å². The maximum absolute atomic E-state index is 4.93. The summed E-state index contributed by atoms with van der Waals surface area (Å²) in [4.78, 5) is 0. The molecule has 1 aliphatic rings. The van der Waals surface area contributed by atoms with Gasteiger partial charge in [0.1, 0.15) is 0 Å². The Balaban J connectivity index is 0.000000354. The second kappa shape index (κ2) is 8.54. The Morgan fingerprint density at radius 3 is 2.33 bits per heavy atom. The third-order valence-electron chi connectivity index (χ3n) is 1.67. The van der Waals surface area contributed by atoms with Gasteiger partial charge in [0.05, 0.1) is 0 Å². The van der Waals surface area contributed by atoms with Crippen molar-refractivity contribution in [3.8, 4) is 0 Å². The topological polar surface area (TPSA) is 0 Å². The molecule has 0 bridgehead atoms. The molecule has 1 rings (SSSR count). The first-order chi connectivity index (χ1) is 5.76. The molecule has 0 spiro atoms. The summed E-state index contributed by atoms with van der Waals surface area (Å²) in [6, 6.07) is 0. The van der Waals surface area contributed by atoms with Gasteiger partial charge in [-0.05, 0) is 6.42 Å². The van der Waals surface area contributed by atoms with Gasteiger partial charge in [-0.25, -0.2) is 0 Å². The molecule has 0 aromatic heterocycles. The van der Waals surface area contributed by atoms with Crippen molar-refractivity contribution in [3.63, 3.8) is 0 Å². The minimum absolute atomic E-state index is 0.826. The van der Waals surface area contributed by atoms with Crippen molar-refractivity contribution in [1.82, 2.24) is 0 Å². The van der Waals surface area contributed by atoms with Crippen molar-refractivity contribution in [2.45, 2.75) is 26.7 Å². The van der Waals surface area contributed by atoms with E-state index in [-0.39, 0.29) is 0 Å². The minimum atomic E-state index is -0.826. The Kier molecular flexibility index (Phi) is 9.21. The van der Waals surface area contributed by atoms with Crippen molar-refractivity contribution in [1.29, 1.82) is 0 Å². The van der Waals surface area contributed by atoms with Gasteiger partial charge in [-0.1, -0.05) is 44.1 Å². The molecule has 0 nitrogen and oxygen atoms in total. The van der Waals surface area contributed by atoms with Gasteiger partial charge in [0, 0.05) is 5.92 Å². The molecule has 67 valence electrons. The molecular weight excluding hydrogens is 270 g/mol. The molecule has 0 aromatic rings. The Morgan fingerprint density at radius 1 is 1.42 bits per heavy atom. The molecule has 0 fully saturated rings. The molecule has 0 aliphatic heterocycles. The maximum atomic E-state index is 4.93. The number of allylic oxidation sites excluding steroid dienone is 4. The fourth-order valence-corrected chi connectivity index (χ4v) is 1.10. The predicted molar refractivity (Wildman–Crippen MR) is 52.8 cm³/mol. The van der Waals surface area contributed by atoms with Crippen LogP contribution in [0, 0.1) is 5.92 Å². The van der Waals surface area contributed by atoms with Crippen LogP contribution in [0.4, 0.5) is 0 Å². The van der Waals surface area contributed by atoms with Crippen LogP contribution in [-0.4, -0.2) is 0 Å². The van der Waals surface area contributed by atoms with Gasteiger partial charge in [0.25, 0.3) is 0 Å². The average Bonchev–Trinajstić information content (AvgIpc) is 2.39. The molecule has 0 unspecified atom stereocenters. The van der Waals surface area contributed by atoms with E-state index in [1.807, 2.05) is 0 Å². The van der Waals surface area contributed by atoms with Gasteiger partial charge < -0.3 is 0 Å². The summed E-state index contributed by atoms with van der Waals surface area (Å²) in [6.45, 7) is 4.39. The van der Waals surface area contributed by atoms with Gasteiger partial charge in [-0.2, -0.15) is 0 Å². The van der Waals surface area contributed by atoms with Gasteiger partial charge in [-0.15, -0.1) is 0 Å². The van der Waals surface area contributed by atoms with E-state index in [1.54, 1.807) is 0 Å². The molecule has 0 atom stereocenters. The molecule has 3 heteroatoms. The van der Waals surface area contributed by atoms with Crippen LogP contribution in [0.15, 0.2) is 23.8 Å². The van der Waals surface area contributed by atoms with Crippen LogP contribution in [-0.2, 0) is 20.8 Å². The molecule has 1 aliphatic carbocycles. The fraction of sp³-hybridized carbons (Fsp3) is 0.444. The van der Waals surface area contributed by atoms with Crippen LogP contribution in [0.1, 0.15) is 26.7 Å². The number of hydrogen-bond acceptors (Lipinski definition) is 0. The van der Waals surface area contributed by atoms with Crippen molar-refractivity contribution >= 4 is 17.0 Å². The molecule has 0 amide bonds. The zero-order chi connectivity index (χ0) is 9.40. The van der Waals surface area contributed by atoms with Gasteiger partial charge >= 0.3 is 37.9 Å². The monoisotopic (exact) mass is 281 g/mol. The number of rotatable bonds is 2. The molecule has 12 heavy (non-hydrogen) atoms. The van der Waals surface area contributed by atoms with Crippen LogP contribution in [0.2, 0.25) is 0 Å². The number of halogens is 2. The van der Waals surface area contributed by atoms with Crippen LogP contribution in [0.25, 0.3) is 0 Å². The van der Waals surface area contributed by atoms with Crippen molar-refractivity contribution in [2.24, 2.45) is 0 Å². The van der Waals surface area contributed by atoms with E-state index in [2.05, 4.69) is 32.1 Å². The van der Waals surface area contributed by atoms with Gasteiger partial charge in [0.2, 0.25) is 0 Å². The van der Waals surface area contributed by atoms with E-state index in [0.29, 0.717) is 0 Å². The van der Waals surface area contributed by atoms with E-state index >= 15 is 0 Å². The Labute approximate surface area is 93.7 Å². The normalized spacial score (nSPS) is 15.2. The first-order valence-corrected chi connectivity index (χ1v) is 10.3. The molecule has 0 saturated heterocycles. The molecule has 1 radical (unpaired) electrons. The SMILES string of the molecule is CCCC1=CC=C[C]1C.[Cl][Zr][Cl]. The summed E-state index contributed by atoms with van der Waals surface area (Å²) in [5.41, 5.74) is 1.51. The summed E-state index contributed by atoms with van der Waals surface area (Å²) >= 11 is -0.826. The standard InChI is InChI=1S/C9H13.2ClH.Zr/c1-3-5-9-7-4-6-8(9)2;;;/h4,6-7H,3,5H2,1-2H3;2*1H;/q;;;+2/p-2. The summed E-state index contributed by atoms with van der Waals surface area (Å²) in [6.07, 6.45) is 8.99. The van der Waals surface area contributed by atoms with E-state index in [4.69, 9.17) is 17.0 Å². The first kappa shape index (κ1) is 12.9. The summed E-state index contributed by atoms with van der Waals surface area (Å²) < 4.78 is 0. The Bertz CT molecular complexity index is 164. The molecule has 0 heterocycles. The van der Waals surface area contributed by atoms with E-state index in [0.717, 1.165) is 0 Å². The molecular formula is C9H13Cl2Zr. The van der Waals surface area contributed by atoms with Crippen molar-refractivity contribution in [3.05, 3.63) is 29.7 Å². The summed E-state index contributed by atoms with van der Waals surface area (Å²) in [5.74, 6) is 1.44. The number of hydrogen-bond donors (Lipinski definition) is 0. The van der Waals surface area contributed by atoms with Crippen molar-refractivity contribution in [2.75, 3.05) is 0 Å². The Morgan fingerprint density at radius 2 is 2.00 bits per heavy atom. The average molecular weight is 283 g/mol. The van der Waals surface area contributed by atoms with Crippen LogP contribution >= 0.6 is 17.0 Å². The third kappa shape index (κ3) is 5.57. The molecule has 0 aromatic carbocycles. The quantitative estimate of drug-likeness (QED) is 0.710. The Hall–Kier alpha value is 0.943. The fourth-order valence-electron chi connectivity index (χ4n) is 1.10. The van der Waals surface area contributed by atoms with Crippen LogP contribution < -0.4 is 0 Å². The van der Waals surface area contributed by atoms with Gasteiger partial charge in [0.15, 0.2) is 0 Å². The predicted octanol–water partition coefficient (Wildman–Crippen LogP) is 4.25. The zero-order valence-electron chi connectivity index (χ0n) is 7.40. The molecule has 0 saturated carbocycles. The summed E-state index contributed by atoms with van der Waals surface area (Å²) in [5, 5.41) is 0. The zero-order valence-corrected chi connectivity index (χ0v) is 11.4. The second-order valence-electron chi connectivity index (χ2n) is 2.56. The van der Waals surface area contributed by atoms with E-state index in [1.165, 1.54) is 24.3 Å². The summed E-state index contributed by atoms with van der Waals surface area (Å²) in [7, 11) is 9.87. The van der Waals surface area contributed by atoms with Gasteiger partial charge in [-0.3, -0.25) is 0 Å². The van der Waals surface area contributed by atoms with Crippen molar-refractivity contribution < 1.29 is 20.8 Å². The van der Waals surface area contributed by atoms with Crippen LogP contribution in [0.5, 0.6) is 0 Å². The third-order valence-corrected chi connectivity index (χ3v) is 1.67. The van der Waals surface area contributed by atoms with E-state index in [9.17, 15) is 0 Å².